The number of carboxylic acid groups (broad SMARTS) is 1. The molecule has 1 aromatic heterocycles. The standard InChI is InChI=1S/C24H29NO6S/c1-4-5-6-7-8-9-10-16-13-19-22(26)18-15-17(24(27)28)11-12-20(18)31-23(19)21(14-16)32(29,30)25(2)3/h11-15H,4-10H2,1-3H3,(H,27,28). The van der Waals surface area contributed by atoms with Crippen LogP contribution in [0.5, 0.6) is 0 Å². The summed E-state index contributed by atoms with van der Waals surface area (Å²) >= 11 is 0. The van der Waals surface area contributed by atoms with Crippen molar-refractivity contribution in [3.05, 3.63) is 51.7 Å². The molecule has 0 bridgehead atoms. The summed E-state index contributed by atoms with van der Waals surface area (Å²) in [5.74, 6) is -1.15. The van der Waals surface area contributed by atoms with Crippen LogP contribution in [0, 0.1) is 0 Å². The lowest BCUT2D eigenvalue weighted by molar-refractivity contribution is 0.0697. The molecule has 2 aromatic carbocycles. The van der Waals surface area contributed by atoms with Crippen LogP contribution in [0.15, 0.2) is 44.4 Å². The summed E-state index contributed by atoms with van der Waals surface area (Å²) in [5.41, 5.74) is 0.407. The maximum atomic E-state index is 13.3. The van der Waals surface area contributed by atoms with Gasteiger partial charge in [-0.2, -0.15) is 0 Å². The van der Waals surface area contributed by atoms with Gasteiger partial charge in [0.15, 0.2) is 5.58 Å². The molecule has 0 fully saturated rings. The number of benzene rings is 2. The summed E-state index contributed by atoms with van der Waals surface area (Å²) in [7, 11) is -1.01. The summed E-state index contributed by atoms with van der Waals surface area (Å²) in [5, 5.41) is 9.52. The van der Waals surface area contributed by atoms with E-state index in [-0.39, 0.29) is 32.4 Å². The first kappa shape index (κ1) is 23.9. The van der Waals surface area contributed by atoms with Gasteiger partial charge in [-0.25, -0.2) is 17.5 Å². The van der Waals surface area contributed by atoms with E-state index >= 15 is 0 Å². The third-order valence-corrected chi connectivity index (χ3v) is 7.44. The smallest absolute Gasteiger partial charge is 0.335 e. The topological polar surface area (TPSA) is 105 Å². The SMILES string of the molecule is CCCCCCCCc1cc(S(=O)(=O)N(C)C)c2oc3ccc(C(=O)O)cc3c(=O)c2c1. The Kier molecular flexibility index (Phi) is 7.36. The molecule has 172 valence electrons. The Morgan fingerprint density at radius 2 is 1.69 bits per heavy atom. The normalized spacial score (nSPS) is 12.1. The van der Waals surface area contributed by atoms with E-state index in [2.05, 4.69) is 6.92 Å². The third-order valence-electron chi connectivity index (χ3n) is 5.62. The van der Waals surface area contributed by atoms with Gasteiger partial charge in [-0.05, 0) is 48.7 Å². The zero-order valence-corrected chi connectivity index (χ0v) is 19.5. The average molecular weight is 460 g/mol. The maximum Gasteiger partial charge on any atom is 0.335 e. The Balaban J connectivity index is 2.15. The van der Waals surface area contributed by atoms with Crippen molar-refractivity contribution in [2.75, 3.05) is 14.1 Å². The number of hydrogen-bond donors (Lipinski definition) is 1. The summed E-state index contributed by atoms with van der Waals surface area (Å²) in [6, 6.07) is 7.24. The molecule has 0 radical (unpaired) electrons. The number of unbranched alkanes of at least 4 members (excludes halogenated alkanes) is 5. The van der Waals surface area contributed by atoms with Crippen molar-refractivity contribution < 1.29 is 22.7 Å². The Morgan fingerprint density at radius 3 is 2.34 bits per heavy atom. The third kappa shape index (κ3) is 4.86. The van der Waals surface area contributed by atoms with Gasteiger partial charge in [0.25, 0.3) is 0 Å². The van der Waals surface area contributed by atoms with Crippen molar-refractivity contribution in [3.63, 3.8) is 0 Å². The molecule has 0 amide bonds. The molecule has 1 heterocycles. The molecule has 3 rings (SSSR count). The van der Waals surface area contributed by atoms with Gasteiger partial charge in [0.05, 0.1) is 16.3 Å². The van der Waals surface area contributed by atoms with E-state index in [1.54, 1.807) is 12.1 Å². The molecule has 8 heteroatoms. The largest absolute Gasteiger partial charge is 0.478 e. The molecule has 0 spiro atoms. The monoisotopic (exact) mass is 459 g/mol. The lowest BCUT2D eigenvalue weighted by atomic mass is 10.0. The molecular weight excluding hydrogens is 430 g/mol. The number of nitrogens with zero attached hydrogens (tertiary/aromatic N) is 1. The molecule has 0 aliphatic carbocycles. The first-order chi connectivity index (χ1) is 15.2. The molecule has 1 N–H and O–H groups in total. The molecule has 0 unspecified atom stereocenters. The van der Waals surface area contributed by atoms with E-state index in [0.29, 0.717) is 6.42 Å². The highest BCUT2D eigenvalue weighted by molar-refractivity contribution is 7.89. The van der Waals surface area contributed by atoms with Crippen molar-refractivity contribution in [2.45, 2.75) is 56.8 Å². The summed E-state index contributed by atoms with van der Waals surface area (Å²) in [6.07, 6.45) is 7.23. The highest BCUT2D eigenvalue weighted by atomic mass is 32.2. The number of fused-ring (bicyclic) bond motifs is 2. The molecular formula is C24H29NO6S. The lowest BCUT2D eigenvalue weighted by Crippen LogP contribution is -2.23. The number of carbonyl (C=O) groups is 1. The molecule has 0 aliphatic rings. The average Bonchev–Trinajstić information content (AvgIpc) is 2.75. The minimum Gasteiger partial charge on any atom is -0.478 e. The lowest BCUT2D eigenvalue weighted by Gasteiger charge is -2.15. The molecule has 0 saturated heterocycles. The van der Waals surface area contributed by atoms with Crippen LogP contribution < -0.4 is 5.43 Å². The molecule has 0 saturated carbocycles. The Morgan fingerprint density at radius 1 is 1.00 bits per heavy atom. The van der Waals surface area contributed by atoms with Crippen LogP contribution in [0.2, 0.25) is 0 Å². The van der Waals surface area contributed by atoms with Crippen LogP contribution in [0.1, 0.15) is 61.4 Å². The molecule has 32 heavy (non-hydrogen) atoms. The van der Waals surface area contributed by atoms with Gasteiger partial charge in [-0.1, -0.05) is 39.0 Å². The van der Waals surface area contributed by atoms with Gasteiger partial charge in [0, 0.05) is 14.1 Å². The Hall–Kier alpha value is -2.71. The number of hydrogen-bond acceptors (Lipinski definition) is 5. The summed E-state index contributed by atoms with van der Waals surface area (Å²) < 4.78 is 33.0. The quantitative estimate of drug-likeness (QED) is 0.345. The van der Waals surface area contributed by atoms with Crippen molar-refractivity contribution >= 4 is 37.9 Å². The van der Waals surface area contributed by atoms with Crippen LogP contribution >= 0.6 is 0 Å². The number of carboxylic acids is 1. The first-order valence-corrected chi connectivity index (χ1v) is 12.3. The minimum absolute atomic E-state index is 0.00836. The highest BCUT2D eigenvalue weighted by Crippen LogP contribution is 2.29. The highest BCUT2D eigenvalue weighted by Gasteiger charge is 2.25. The molecule has 0 aliphatic heterocycles. The van der Waals surface area contributed by atoms with Gasteiger partial charge >= 0.3 is 5.97 Å². The minimum atomic E-state index is -3.87. The van der Waals surface area contributed by atoms with Crippen molar-refractivity contribution in [3.8, 4) is 0 Å². The van der Waals surface area contributed by atoms with Crippen LogP contribution in [0.25, 0.3) is 21.9 Å². The van der Waals surface area contributed by atoms with Gasteiger partial charge in [0.1, 0.15) is 10.5 Å². The number of sulfonamides is 1. The van der Waals surface area contributed by atoms with Gasteiger partial charge in [-0.3, -0.25) is 4.79 Å². The predicted octanol–water partition coefficient (Wildman–Crippen LogP) is 4.80. The molecule has 0 atom stereocenters. The summed E-state index contributed by atoms with van der Waals surface area (Å²) in [4.78, 5) is 24.5. The van der Waals surface area contributed by atoms with Gasteiger partial charge in [0.2, 0.25) is 15.5 Å². The predicted molar refractivity (Wildman–Crippen MR) is 125 cm³/mol. The maximum absolute atomic E-state index is 13.3. The number of aromatic carboxylic acids is 1. The van der Waals surface area contributed by atoms with E-state index in [1.165, 1.54) is 51.6 Å². The van der Waals surface area contributed by atoms with Crippen molar-refractivity contribution in [2.24, 2.45) is 0 Å². The zero-order chi connectivity index (χ0) is 23.5. The number of aryl methyl sites for hydroxylation is 1. The van der Waals surface area contributed by atoms with Crippen molar-refractivity contribution in [1.82, 2.24) is 4.31 Å². The second-order valence-corrected chi connectivity index (χ2v) is 10.3. The van der Waals surface area contributed by atoms with Gasteiger partial charge in [-0.15, -0.1) is 0 Å². The molecule has 3 aromatic rings. The van der Waals surface area contributed by atoms with Crippen LogP contribution in [0.3, 0.4) is 0 Å². The Bertz CT molecular complexity index is 1310. The van der Waals surface area contributed by atoms with Crippen LogP contribution in [0.4, 0.5) is 0 Å². The van der Waals surface area contributed by atoms with E-state index in [9.17, 15) is 23.1 Å². The fourth-order valence-corrected chi connectivity index (χ4v) is 4.84. The first-order valence-electron chi connectivity index (χ1n) is 10.9. The van der Waals surface area contributed by atoms with E-state index < -0.39 is 21.4 Å². The zero-order valence-electron chi connectivity index (χ0n) is 18.7. The van der Waals surface area contributed by atoms with E-state index in [1.807, 2.05) is 0 Å². The van der Waals surface area contributed by atoms with Crippen molar-refractivity contribution in [1.29, 1.82) is 0 Å². The fraction of sp³-hybridized carbons (Fsp3) is 0.417. The second-order valence-electron chi connectivity index (χ2n) is 8.22. The Labute approximate surface area is 187 Å². The van der Waals surface area contributed by atoms with Crippen LogP contribution in [-0.4, -0.2) is 37.9 Å². The summed E-state index contributed by atoms with van der Waals surface area (Å²) in [6.45, 7) is 2.16. The molecule has 7 nitrogen and oxygen atoms in total. The van der Waals surface area contributed by atoms with E-state index in [4.69, 9.17) is 4.42 Å². The fourth-order valence-electron chi connectivity index (χ4n) is 3.76. The van der Waals surface area contributed by atoms with Gasteiger partial charge < -0.3 is 9.52 Å². The van der Waals surface area contributed by atoms with Crippen LogP contribution in [-0.2, 0) is 16.4 Å². The number of rotatable bonds is 10. The van der Waals surface area contributed by atoms with E-state index in [0.717, 1.165) is 29.1 Å². The second kappa shape index (κ2) is 9.83.